The zero-order valence-corrected chi connectivity index (χ0v) is 14.7. The van der Waals surface area contributed by atoms with Gasteiger partial charge >= 0.3 is 17.9 Å². The molecule has 5 N–H and O–H groups in total. The Bertz CT molecular complexity index is 673. The summed E-state index contributed by atoms with van der Waals surface area (Å²) in [5, 5.41) is 48.6. The maximum Gasteiger partial charge on any atom is 0.355 e. The summed E-state index contributed by atoms with van der Waals surface area (Å²) in [5.74, 6) is -5.21. The summed E-state index contributed by atoms with van der Waals surface area (Å²) < 4.78 is 15.0. The second kappa shape index (κ2) is 8.19. The Balaban J connectivity index is 2.08. The summed E-state index contributed by atoms with van der Waals surface area (Å²) in [5.41, 5.74) is 0.618. The Kier molecular flexibility index (Phi) is 6.39. The van der Waals surface area contributed by atoms with Crippen LogP contribution in [0.25, 0.3) is 0 Å². The number of carbonyl (C=O) groups is 2. The van der Waals surface area contributed by atoms with E-state index in [1.807, 2.05) is 0 Å². The van der Waals surface area contributed by atoms with Gasteiger partial charge in [-0.15, -0.1) is 0 Å². The van der Waals surface area contributed by atoms with Crippen molar-refractivity contribution in [1.29, 1.82) is 0 Å². The SMILES string of the molecule is CC(C)C(=O)OCc1ccc(O[C@]2(O)O[C@H](C(=O)O)[C@@H](O)[C@H](O)[C@H]2O)cc1. The number of aliphatic carboxylic acids is 1. The molecule has 1 saturated heterocycles. The summed E-state index contributed by atoms with van der Waals surface area (Å²) in [4.78, 5) is 22.5. The van der Waals surface area contributed by atoms with Crippen LogP contribution >= 0.6 is 0 Å². The molecule has 1 aromatic rings. The van der Waals surface area contributed by atoms with Gasteiger partial charge in [0.15, 0.2) is 12.2 Å². The minimum atomic E-state index is -2.90. The molecule has 10 heteroatoms. The molecular formula is C17H22O10. The zero-order valence-electron chi connectivity index (χ0n) is 14.7. The van der Waals surface area contributed by atoms with E-state index in [0.29, 0.717) is 5.56 Å². The third kappa shape index (κ3) is 4.73. The standard InChI is InChI=1S/C17H22O10/c1-8(2)16(23)25-7-9-3-5-10(6-4-9)26-17(24)14(20)12(19)11(18)13(27-17)15(21)22/h3-6,8,11-14,18-20,24H,7H2,1-2H3,(H,21,22)/t11-,12-,13-,14+,17-/m0/s1. The van der Waals surface area contributed by atoms with Crippen molar-refractivity contribution in [1.82, 2.24) is 0 Å². The molecule has 1 aliphatic rings. The number of ether oxygens (including phenoxy) is 3. The molecule has 0 spiro atoms. The van der Waals surface area contributed by atoms with Gasteiger partial charge in [0.1, 0.15) is 24.6 Å². The lowest BCUT2D eigenvalue weighted by atomic mass is 9.97. The largest absolute Gasteiger partial charge is 0.479 e. The molecule has 27 heavy (non-hydrogen) atoms. The molecule has 5 atom stereocenters. The second-order valence-electron chi connectivity index (χ2n) is 6.44. The van der Waals surface area contributed by atoms with Crippen molar-refractivity contribution in [3.63, 3.8) is 0 Å². The quantitative estimate of drug-likeness (QED) is 0.302. The topological polar surface area (TPSA) is 163 Å². The Morgan fingerprint density at radius 2 is 1.74 bits per heavy atom. The van der Waals surface area contributed by atoms with E-state index >= 15 is 0 Å². The van der Waals surface area contributed by atoms with Crippen molar-refractivity contribution >= 4 is 11.9 Å². The summed E-state index contributed by atoms with van der Waals surface area (Å²) in [7, 11) is 0. The molecule has 1 fully saturated rings. The number of carbonyl (C=O) groups excluding carboxylic acids is 1. The van der Waals surface area contributed by atoms with Crippen LogP contribution in [-0.4, -0.2) is 67.9 Å². The summed E-state index contributed by atoms with van der Waals surface area (Å²) in [6, 6.07) is 5.75. The number of hydrogen-bond acceptors (Lipinski definition) is 9. The number of rotatable bonds is 6. The fourth-order valence-electron chi connectivity index (χ4n) is 2.33. The molecule has 0 bridgehead atoms. The van der Waals surface area contributed by atoms with Gasteiger partial charge in [-0.1, -0.05) is 26.0 Å². The first-order valence-electron chi connectivity index (χ1n) is 8.17. The Morgan fingerprint density at radius 3 is 2.26 bits per heavy atom. The summed E-state index contributed by atoms with van der Waals surface area (Å²) in [6.45, 7) is 3.42. The van der Waals surface area contributed by atoms with Crippen molar-refractivity contribution in [2.45, 2.75) is 50.8 Å². The molecule has 150 valence electrons. The molecule has 0 aromatic heterocycles. The van der Waals surface area contributed by atoms with E-state index in [1.54, 1.807) is 13.8 Å². The van der Waals surface area contributed by atoms with Gasteiger partial charge in [-0.2, -0.15) is 0 Å². The van der Waals surface area contributed by atoms with Crippen LogP contribution in [-0.2, 0) is 25.7 Å². The van der Waals surface area contributed by atoms with E-state index in [0.717, 1.165) is 0 Å². The molecule has 1 heterocycles. The first kappa shape index (κ1) is 21.1. The predicted molar refractivity (Wildman–Crippen MR) is 87.2 cm³/mol. The molecular weight excluding hydrogens is 364 g/mol. The Labute approximate surface area is 154 Å². The number of aliphatic hydroxyl groups is 4. The average molecular weight is 386 g/mol. The molecule has 0 saturated carbocycles. The number of hydrogen-bond donors (Lipinski definition) is 5. The lowest BCUT2D eigenvalue weighted by Gasteiger charge is -2.43. The van der Waals surface area contributed by atoms with E-state index in [1.165, 1.54) is 24.3 Å². The molecule has 0 aliphatic carbocycles. The third-order valence-corrected chi connectivity index (χ3v) is 3.94. The van der Waals surface area contributed by atoms with Gasteiger partial charge in [0.2, 0.25) is 0 Å². The van der Waals surface area contributed by atoms with Crippen LogP contribution in [0, 0.1) is 5.92 Å². The van der Waals surface area contributed by atoms with Crippen LogP contribution in [0.2, 0.25) is 0 Å². The van der Waals surface area contributed by atoms with Gasteiger partial charge in [-0.05, 0) is 17.7 Å². The van der Waals surface area contributed by atoms with E-state index in [9.17, 15) is 30.0 Å². The van der Waals surface area contributed by atoms with E-state index in [2.05, 4.69) is 0 Å². The summed E-state index contributed by atoms with van der Waals surface area (Å²) in [6.07, 6.45) is -8.11. The monoisotopic (exact) mass is 386 g/mol. The van der Waals surface area contributed by atoms with Crippen molar-refractivity contribution in [3.8, 4) is 5.75 Å². The van der Waals surface area contributed by atoms with Crippen LogP contribution in [0.3, 0.4) is 0 Å². The van der Waals surface area contributed by atoms with Gasteiger partial charge in [0, 0.05) is 0 Å². The highest BCUT2D eigenvalue weighted by Gasteiger charge is 2.57. The summed E-state index contributed by atoms with van der Waals surface area (Å²) >= 11 is 0. The van der Waals surface area contributed by atoms with E-state index in [-0.39, 0.29) is 24.2 Å². The van der Waals surface area contributed by atoms with Crippen molar-refractivity contribution < 1.29 is 49.3 Å². The van der Waals surface area contributed by atoms with Crippen LogP contribution in [0.5, 0.6) is 5.75 Å². The van der Waals surface area contributed by atoms with Crippen LogP contribution < -0.4 is 4.74 Å². The third-order valence-electron chi connectivity index (χ3n) is 3.94. The van der Waals surface area contributed by atoms with Crippen molar-refractivity contribution in [3.05, 3.63) is 29.8 Å². The average Bonchev–Trinajstić information content (AvgIpc) is 2.62. The maximum absolute atomic E-state index is 11.5. The van der Waals surface area contributed by atoms with E-state index in [4.69, 9.17) is 19.3 Å². The molecule has 0 unspecified atom stereocenters. The van der Waals surface area contributed by atoms with Gasteiger partial charge in [-0.25, -0.2) is 4.79 Å². The Hall–Kier alpha value is -2.24. The maximum atomic E-state index is 11.5. The molecule has 0 radical (unpaired) electrons. The van der Waals surface area contributed by atoms with E-state index < -0.39 is 36.4 Å². The number of benzene rings is 1. The lowest BCUT2D eigenvalue weighted by Crippen LogP contribution is -2.68. The highest BCUT2D eigenvalue weighted by atomic mass is 16.8. The van der Waals surface area contributed by atoms with Crippen LogP contribution in [0.15, 0.2) is 24.3 Å². The normalized spacial score (nSPS) is 30.8. The minimum Gasteiger partial charge on any atom is -0.479 e. The fourth-order valence-corrected chi connectivity index (χ4v) is 2.33. The first-order chi connectivity index (χ1) is 12.5. The second-order valence-corrected chi connectivity index (χ2v) is 6.44. The molecule has 10 nitrogen and oxygen atoms in total. The fraction of sp³-hybridized carbons (Fsp3) is 0.529. The molecule has 0 amide bonds. The number of aliphatic hydroxyl groups excluding tert-OH is 3. The number of carboxylic acid groups (broad SMARTS) is 1. The first-order valence-corrected chi connectivity index (χ1v) is 8.17. The highest BCUT2D eigenvalue weighted by Crippen LogP contribution is 2.31. The number of esters is 1. The van der Waals surface area contributed by atoms with Gasteiger partial charge in [0.25, 0.3) is 0 Å². The zero-order chi connectivity index (χ0) is 20.4. The number of carboxylic acids is 1. The van der Waals surface area contributed by atoms with Crippen LogP contribution in [0.1, 0.15) is 19.4 Å². The van der Waals surface area contributed by atoms with Crippen molar-refractivity contribution in [2.75, 3.05) is 0 Å². The molecule has 1 aliphatic heterocycles. The minimum absolute atomic E-state index is 0.0205. The Morgan fingerprint density at radius 1 is 1.15 bits per heavy atom. The highest BCUT2D eigenvalue weighted by molar-refractivity contribution is 5.73. The van der Waals surface area contributed by atoms with Gasteiger partial charge < -0.3 is 35.0 Å². The van der Waals surface area contributed by atoms with Crippen LogP contribution in [0.4, 0.5) is 0 Å². The van der Waals surface area contributed by atoms with Gasteiger partial charge in [-0.3, -0.25) is 9.53 Å². The molecule has 1 aromatic carbocycles. The van der Waals surface area contributed by atoms with Crippen molar-refractivity contribution in [2.24, 2.45) is 5.92 Å². The van der Waals surface area contributed by atoms with Gasteiger partial charge in [0.05, 0.1) is 5.92 Å². The predicted octanol–water partition coefficient (Wildman–Crippen LogP) is -1.02. The molecule has 2 rings (SSSR count). The lowest BCUT2D eigenvalue weighted by molar-refractivity contribution is -0.415. The smallest absolute Gasteiger partial charge is 0.355 e.